The lowest BCUT2D eigenvalue weighted by molar-refractivity contribution is -0.203. The molecule has 2 saturated carbocycles. The summed E-state index contributed by atoms with van der Waals surface area (Å²) in [7, 11) is 0. The Morgan fingerprint density at radius 1 is 1.18 bits per heavy atom. The van der Waals surface area contributed by atoms with Gasteiger partial charge in [-0.05, 0) is 57.3 Å². The van der Waals surface area contributed by atoms with Crippen molar-refractivity contribution in [2.75, 3.05) is 6.61 Å². The summed E-state index contributed by atoms with van der Waals surface area (Å²) in [5.41, 5.74) is 0.303. The van der Waals surface area contributed by atoms with E-state index in [9.17, 15) is 5.11 Å². The number of hydrogen-bond acceptors (Lipinski definition) is 2. The van der Waals surface area contributed by atoms with E-state index in [4.69, 9.17) is 4.74 Å². The summed E-state index contributed by atoms with van der Waals surface area (Å²) in [4.78, 5) is 0. The van der Waals surface area contributed by atoms with Gasteiger partial charge < -0.3 is 9.84 Å². The van der Waals surface area contributed by atoms with E-state index in [1.165, 1.54) is 32.1 Å². The van der Waals surface area contributed by atoms with Crippen molar-refractivity contribution in [2.45, 2.75) is 70.5 Å². The van der Waals surface area contributed by atoms with Crippen LogP contribution in [0.5, 0.6) is 0 Å². The summed E-state index contributed by atoms with van der Waals surface area (Å²) >= 11 is 0. The summed E-state index contributed by atoms with van der Waals surface area (Å²) in [6.45, 7) is 7.22. The minimum atomic E-state index is -0.0214. The van der Waals surface area contributed by atoms with Gasteiger partial charge >= 0.3 is 0 Å². The van der Waals surface area contributed by atoms with Gasteiger partial charge in [0.05, 0.1) is 11.2 Å². The van der Waals surface area contributed by atoms with Gasteiger partial charge in [-0.3, -0.25) is 0 Å². The third-order valence-electron chi connectivity index (χ3n) is 6.21. The second kappa shape index (κ2) is 3.48. The van der Waals surface area contributed by atoms with Crippen molar-refractivity contribution in [3.05, 3.63) is 0 Å². The minimum Gasteiger partial charge on any atom is -0.396 e. The number of ether oxygens (including phenoxy) is 1. The third-order valence-corrected chi connectivity index (χ3v) is 6.21. The van der Waals surface area contributed by atoms with Crippen LogP contribution in [0.3, 0.4) is 0 Å². The summed E-state index contributed by atoms with van der Waals surface area (Å²) in [5, 5.41) is 9.75. The third kappa shape index (κ3) is 1.40. The lowest BCUT2D eigenvalue weighted by atomic mass is 9.52. The summed E-state index contributed by atoms with van der Waals surface area (Å²) in [5.74, 6) is 1.06. The van der Waals surface area contributed by atoms with Crippen molar-refractivity contribution in [1.29, 1.82) is 0 Å². The second-order valence-corrected chi connectivity index (χ2v) is 7.37. The molecule has 1 spiro atoms. The molecule has 0 aromatic carbocycles. The fraction of sp³-hybridized carbons (Fsp3) is 1.00. The molecule has 2 bridgehead atoms. The smallest absolute Gasteiger partial charge is 0.0796 e. The monoisotopic (exact) mass is 238 g/mol. The van der Waals surface area contributed by atoms with Crippen LogP contribution in [0.25, 0.3) is 0 Å². The van der Waals surface area contributed by atoms with Gasteiger partial charge in [0.2, 0.25) is 0 Å². The highest BCUT2D eigenvalue weighted by Gasteiger charge is 2.65. The van der Waals surface area contributed by atoms with E-state index < -0.39 is 0 Å². The topological polar surface area (TPSA) is 29.5 Å². The van der Waals surface area contributed by atoms with Crippen LogP contribution in [0, 0.1) is 17.3 Å². The first-order chi connectivity index (χ1) is 7.94. The number of rotatable bonds is 1. The molecule has 0 aromatic rings. The van der Waals surface area contributed by atoms with Gasteiger partial charge in [-0.25, -0.2) is 0 Å². The number of aliphatic hydroxyl groups excluding tert-OH is 1. The van der Waals surface area contributed by atoms with Crippen LogP contribution < -0.4 is 0 Å². The average Bonchev–Trinajstić information content (AvgIpc) is 2.49. The Bertz CT molecular complexity index is 325. The van der Waals surface area contributed by atoms with Crippen LogP contribution in [0.2, 0.25) is 0 Å². The van der Waals surface area contributed by atoms with Gasteiger partial charge in [0.25, 0.3) is 0 Å². The zero-order chi connectivity index (χ0) is 12.3. The van der Waals surface area contributed by atoms with Gasteiger partial charge in [-0.15, -0.1) is 0 Å². The minimum absolute atomic E-state index is 0.0164. The molecule has 0 aromatic heterocycles. The molecule has 17 heavy (non-hydrogen) atoms. The lowest BCUT2D eigenvalue weighted by Crippen LogP contribution is -2.57. The first-order valence-corrected chi connectivity index (χ1v) is 7.25. The molecule has 2 nitrogen and oxygen atoms in total. The van der Waals surface area contributed by atoms with Gasteiger partial charge in [0.1, 0.15) is 0 Å². The van der Waals surface area contributed by atoms with Gasteiger partial charge in [0, 0.05) is 12.5 Å². The van der Waals surface area contributed by atoms with Crippen LogP contribution >= 0.6 is 0 Å². The predicted octanol–water partition coefficient (Wildman–Crippen LogP) is 3.13. The highest BCUT2D eigenvalue weighted by atomic mass is 16.5. The van der Waals surface area contributed by atoms with Crippen molar-refractivity contribution >= 4 is 0 Å². The van der Waals surface area contributed by atoms with Crippen molar-refractivity contribution in [3.63, 3.8) is 0 Å². The zero-order valence-corrected chi connectivity index (χ0v) is 11.5. The van der Waals surface area contributed by atoms with Crippen LogP contribution in [0.4, 0.5) is 0 Å². The largest absolute Gasteiger partial charge is 0.396 e. The SMILES string of the molecule is CC1(C)O[C@]23C[C@H]1CCC2(C)CCC[C@H]3CO. The Morgan fingerprint density at radius 2 is 1.94 bits per heavy atom. The maximum atomic E-state index is 9.75. The zero-order valence-electron chi connectivity index (χ0n) is 11.5. The fourth-order valence-electron chi connectivity index (χ4n) is 5.02. The Morgan fingerprint density at radius 3 is 2.65 bits per heavy atom. The summed E-state index contributed by atoms with van der Waals surface area (Å²) < 4.78 is 6.61. The molecule has 4 atom stereocenters. The van der Waals surface area contributed by atoms with Gasteiger partial charge in [0.15, 0.2) is 0 Å². The number of fused-ring (bicyclic) bond motifs is 1. The average molecular weight is 238 g/mol. The lowest BCUT2D eigenvalue weighted by Gasteiger charge is -2.55. The van der Waals surface area contributed by atoms with Crippen molar-refractivity contribution in [3.8, 4) is 0 Å². The van der Waals surface area contributed by atoms with Crippen molar-refractivity contribution < 1.29 is 9.84 Å². The van der Waals surface area contributed by atoms with Crippen LogP contribution in [-0.4, -0.2) is 22.9 Å². The summed E-state index contributed by atoms with van der Waals surface area (Å²) in [6.07, 6.45) is 7.47. The highest BCUT2D eigenvalue weighted by molar-refractivity contribution is 5.15. The molecule has 1 heterocycles. The molecule has 1 aliphatic heterocycles. The van der Waals surface area contributed by atoms with E-state index in [0.717, 1.165) is 6.42 Å². The first kappa shape index (κ1) is 12.0. The molecule has 1 unspecified atom stereocenters. The van der Waals surface area contributed by atoms with E-state index in [0.29, 0.717) is 23.9 Å². The molecule has 3 fully saturated rings. The van der Waals surface area contributed by atoms with Crippen LogP contribution in [-0.2, 0) is 4.74 Å². The molecule has 0 amide bonds. The number of aliphatic hydroxyl groups is 1. The van der Waals surface area contributed by atoms with Gasteiger partial charge in [-0.1, -0.05) is 13.3 Å². The Hall–Kier alpha value is -0.0800. The van der Waals surface area contributed by atoms with Crippen LogP contribution in [0.15, 0.2) is 0 Å². The molecular weight excluding hydrogens is 212 g/mol. The molecular formula is C15H26O2. The molecule has 1 saturated heterocycles. The maximum Gasteiger partial charge on any atom is 0.0796 e. The normalized spacial score (nSPS) is 52.2. The molecule has 1 N–H and O–H groups in total. The Kier molecular flexibility index (Phi) is 2.45. The van der Waals surface area contributed by atoms with E-state index in [2.05, 4.69) is 20.8 Å². The molecule has 2 heteroatoms. The van der Waals surface area contributed by atoms with Crippen LogP contribution in [0.1, 0.15) is 59.3 Å². The van der Waals surface area contributed by atoms with Crippen molar-refractivity contribution in [2.24, 2.45) is 17.3 Å². The van der Waals surface area contributed by atoms with E-state index >= 15 is 0 Å². The maximum absolute atomic E-state index is 9.75. The van der Waals surface area contributed by atoms with E-state index in [1.54, 1.807) is 0 Å². The highest BCUT2D eigenvalue weighted by Crippen LogP contribution is 2.65. The first-order valence-electron chi connectivity index (χ1n) is 7.25. The standard InChI is InChI=1S/C15H26O2/c1-13(2)11-6-8-14(3)7-4-5-12(10-16)15(14,9-11)17-13/h11-12,16H,4-10H2,1-3H3/t11-,12+,14?,15+/m1/s1. The Labute approximate surface area is 105 Å². The van der Waals surface area contributed by atoms with Crippen molar-refractivity contribution in [1.82, 2.24) is 0 Å². The van der Waals surface area contributed by atoms with E-state index in [-0.39, 0.29) is 11.2 Å². The molecule has 0 radical (unpaired) electrons. The molecule has 3 rings (SSSR count). The predicted molar refractivity (Wildman–Crippen MR) is 67.8 cm³/mol. The summed E-state index contributed by atoms with van der Waals surface area (Å²) in [6, 6.07) is 0. The van der Waals surface area contributed by atoms with Gasteiger partial charge in [-0.2, -0.15) is 0 Å². The second-order valence-electron chi connectivity index (χ2n) is 7.37. The Balaban J connectivity index is 2.03. The number of hydrogen-bond donors (Lipinski definition) is 1. The van der Waals surface area contributed by atoms with E-state index in [1.807, 2.05) is 0 Å². The molecule has 98 valence electrons. The quantitative estimate of drug-likeness (QED) is 0.760. The molecule has 3 aliphatic rings. The molecule has 2 aliphatic carbocycles. The fourth-order valence-corrected chi connectivity index (χ4v) is 5.02.